The molecule has 3 heteroatoms. The fraction of sp³-hybridized carbons (Fsp3) is 0.440. The molecule has 0 radical (unpaired) electrons. The van der Waals surface area contributed by atoms with Crippen molar-refractivity contribution >= 4 is 23.0 Å². The molecule has 28 heavy (non-hydrogen) atoms. The molecule has 1 atom stereocenters. The topological polar surface area (TPSA) is 37.4 Å². The Morgan fingerprint density at radius 2 is 1.96 bits per heavy atom. The third-order valence-corrected chi connectivity index (χ3v) is 5.83. The van der Waals surface area contributed by atoms with E-state index in [-0.39, 0.29) is 5.92 Å². The first-order valence-electron chi connectivity index (χ1n) is 10.4. The van der Waals surface area contributed by atoms with Crippen LogP contribution < -0.4 is 0 Å². The highest BCUT2D eigenvalue weighted by Gasteiger charge is 2.24. The number of likely N-dealkylation sites (tertiary alicyclic amines) is 1. The Morgan fingerprint density at radius 1 is 1.18 bits per heavy atom. The largest absolute Gasteiger partial charge is 0.342 e. The Balaban J connectivity index is 1.74. The molecule has 1 amide bonds. The van der Waals surface area contributed by atoms with Gasteiger partial charge in [-0.2, -0.15) is 0 Å². The fourth-order valence-corrected chi connectivity index (χ4v) is 4.26. The van der Waals surface area contributed by atoms with Gasteiger partial charge in [0.1, 0.15) is 0 Å². The van der Waals surface area contributed by atoms with E-state index in [1.54, 1.807) is 0 Å². The molecule has 0 aromatic heterocycles. The number of hydrogen-bond donors (Lipinski definition) is 0. The molecule has 0 saturated carbocycles. The second kappa shape index (κ2) is 9.55. The first kappa shape index (κ1) is 20.1. The minimum atomic E-state index is 0.105. The average molecular weight is 376 g/mol. The number of rotatable bonds is 7. The third kappa shape index (κ3) is 4.44. The lowest BCUT2D eigenvalue weighted by Gasteiger charge is -2.30. The number of amides is 1. The standard InChI is InChI=1S/C25H29NO2/c1-3-8-21(25(28)26-15-6-5-7-16-26)11-9-19-10-14-23-22(17-19)13-12-20(4-2)24(23)18-27/h2,10,12-14,17-18,21H,3,5-9,11,15-16H2,1H3. The van der Waals surface area contributed by atoms with E-state index >= 15 is 0 Å². The van der Waals surface area contributed by atoms with Gasteiger partial charge in [0.05, 0.1) is 0 Å². The van der Waals surface area contributed by atoms with Crippen LogP contribution in [-0.2, 0) is 11.2 Å². The van der Waals surface area contributed by atoms with E-state index in [0.29, 0.717) is 17.0 Å². The average Bonchev–Trinajstić information content (AvgIpc) is 2.75. The van der Waals surface area contributed by atoms with Crippen molar-refractivity contribution in [2.45, 2.75) is 51.9 Å². The lowest BCUT2D eigenvalue weighted by molar-refractivity contribution is -0.136. The number of aryl methyl sites for hydroxylation is 1. The number of piperidine rings is 1. The number of fused-ring (bicyclic) bond motifs is 1. The molecular weight excluding hydrogens is 346 g/mol. The highest BCUT2D eigenvalue weighted by atomic mass is 16.2. The molecule has 2 aromatic carbocycles. The van der Waals surface area contributed by atoms with Crippen molar-refractivity contribution in [3.05, 3.63) is 47.0 Å². The summed E-state index contributed by atoms with van der Waals surface area (Å²) in [6.45, 7) is 3.98. The lowest BCUT2D eigenvalue weighted by Crippen LogP contribution is -2.39. The van der Waals surface area contributed by atoms with Crippen molar-refractivity contribution in [2.75, 3.05) is 13.1 Å². The summed E-state index contributed by atoms with van der Waals surface area (Å²) in [5, 5.41) is 1.91. The summed E-state index contributed by atoms with van der Waals surface area (Å²) in [5.74, 6) is 3.02. The van der Waals surface area contributed by atoms with Crippen LogP contribution in [0.3, 0.4) is 0 Å². The van der Waals surface area contributed by atoms with Gasteiger partial charge in [-0.05, 0) is 60.9 Å². The highest BCUT2D eigenvalue weighted by Crippen LogP contribution is 2.25. The molecule has 1 heterocycles. The van der Waals surface area contributed by atoms with Gasteiger partial charge in [0.25, 0.3) is 0 Å². The molecular formula is C25H29NO2. The predicted octanol–water partition coefficient (Wildman–Crippen LogP) is 5.00. The Kier molecular flexibility index (Phi) is 6.87. The Labute approximate surface area is 168 Å². The van der Waals surface area contributed by atoms with E-state index in [2.05, 4.69) is 29.9 Å². The predicted molar refractivity (Wildman–Crippen MR) is 114 cm³/mol. The zero-order chi connectivity index (χ0) is 19.9. The minimum absolute atomic E-state index is 0.105. The zero-order valence-corrected chi connectivity index (χ0v) is 16.7. The summed E-state index contributed by atoms with van der Waals surface area (Å²) in [4.78, 5) is 26.5. The van der Waals surface area contributed by atoms with Crippen LogP contribution in [0.4, 0.5) is 0 Å². The van der Waals surface area contributed by atoms with Crippen molar-refractivity contribution in [1.29, 1.82) is 0 Å². The molecule has 1 fully saturated rings. The maximum absolute atomic E-state index is 12.9. The molecule has 1 aliphatic rings. The number of terminal acetylenes is 1. The molecule has 3 nitrogen and oxygen atoms in total. The van der Waals surface area contributed by atoms with E-state index in [9.17, 15) is 9.59 Å². The van der Waals surface area contributed by atoms with Crippen molar-refractivity contribution < 1.29 is 9.59 Å². The molecule has 3 rings (SSSR count). The summed E-state index contributed by atoms with van der Waals surface area (Å²) < 4.78 is 0. The molecule has 2 aromatic rings. The summed E-state index contributed by atoms with van der Waals surface area (Å²) in [5.41, 5.74) is 2.41. The normalized spacial score (nSPS) is 15.2. The molecule has 1 saturated heterocycles. The van der Waals surface area contributed by atoms with Gasteiger partial charge >= 0.3 is 0 Å². The molecule has 1 aliphatic heterocycles. The first-order valence-corrected chi connectivity index (χ1v) is 10.4. The molecule has 0 N–H and O–H groups in total. The Morgan fingerprint density at radius 3 is 2.64 bits per heavy atom. The monoisotopic (exact) mass is 375 g/mol. The number of carbonyl (C=O) groups is 2. The van der Waals surface area contributed by atoms with E-state index in [1.165, 1.54) is 12.0 Å². The molecule has 0 aliphatic carbocycles. The summed E-state index contributed by atoms with van der Waals surface area (Å²) >= 11 is 0. The van der Waals surface area contributed by atoms with Gasteiger partial charge in [-0.15, -0.1) is 6.42 Å². The smallest absolute Gasteiger partial charge is 0.225 e. The number of nitrogens with zero attached hydrogens (tertiary/aromatic N) is 1. The van der Waals surface area contributed by atoms with Crippen molar-refractivity contribution in [1.82, 2.24) is 4.90 Å². The summed E-state index contributed by atoms with van der Waals surface area (Å²) in [6, 6.07) is 9.97. The summed E-state index contributed by atoms with van der Waals surface area (Å²) in [7, 11) is 0. The van der Waals surface area contributed by atoms with Gasteiger partial charge in [0.15, 0.2) is 6.29 Å². The Hall–Kier alpha value is -2.60. The summed E-state index contributed by atoms with van der Waals surface area (Å²) in [6.07, 6.45) is 13.6. The molecule has 1 unspecified atom stereocenters. The number of aldehydes is 1. The van der Waals surface area contributed by atoms with Crippen LogP contribution in [0.1, 0.15) is 66.9 Å². The molecule has 0 bridgehead atoms. The van der Waals surface area contributed by atoms with Crippen LogP contribution in [0, 0.1) is 18.3 Å². The van der Waals surface area contributed by atoms with Gasteiger partial charge < -0.3 is 4.90 Å². The second-order valence-corrected chi connectivity index (χ2v) is 7.75. The third-order valence-electron chi connectivity index (χ3n) is 5.83. The SMILES string of the molecule is C#Cc1ccc2cc(CCC(CCC)C(=O)N3CCCCC3)ccc2c1C=O. The molecule has 0 spiro atoms. The number of hydrogen-bond acceptors (Lipinski definition) is 2. The Bertz CT molecular complexity index is 887. The minimum Gasteiger partial charge on any atom is -0.342 e. The van der Waals surface area contributed by atoms with E-state index in [0.717, 1.165) is 68.7 Å². The van der Waals surface area contributed by atoms with Crippen LogP contribution in [0.2, 0.25) is 0 Å². The second-order valence-electron chi connectivity index (χ2n) is 7.75. The van der Waals surface area contributed by atoms with Gasteiger partial charge in [-0.3, -0.25) is 9.59 Å². The van der Waals surface area contributed by atoms with Crippen molar-refractivity contribution in [2.24, 2.45) is 5.92 Å². The van der Waals surface area contributed by atoms with Gasteiger partial charge in [0, 0.05) is 30.1 Å². The van der Waals surface area contributed by atoms with Crippen LogP contribution in [0.15, 0.2) is 30.3 Å². The van der Waals surface area contributed by atoms with Crippen molar-refractivity contribution in [3.8, 4) is 12.3 Å². The van der Waals surface area contributed by atoms with E-state index in [1.807, 2.05) is 18.2 Å². The van der Waals surface area contributed by atoms with E-state index < -0.39 is 0 Å². The lowest BCUT2D eigenvalue weighted by atomic mass is 9.91. The maximum atomic E-state index is 12.9. The molecule has 146 valence electrons. The van der Waals surface area contributed by atoms with Crippen molar-refractivity contribution in [3.63, 3.8) is 0 Å². The van der Waals surface area contributed by atoms with Gasteiger partial charge in [0.2, 0.25) is 5.91 Å². The maximum Gasteiger partial charge on any atom is 0.225 e. The number of benzene rings is 2. The highest BCUT2D eigenvalue weighted by molar-refractivity contribution is 6.00. The first-order chi connectivity index (χ1) is 13.7. The zero-order valence-electron chi connectivity index (χ0n) is 16.7. The fourth-order valence-electron chi connectivity index (χ4n) is 4.26. The van der Waals surface area contributed by atoms with Gasteiger partial charge in [-0.25, -0.2) is 0 Å². The quantitative estimate of drug-likeness (QED) is 0.505. The van der Waals surface area contributed by atoms with Crippen LogP contribution >= 0.6 is 0 Å². The van der Waals surface area contributed by atoms with Crippen LogP contribution in [-0.4, -0.2) is 30.2 Å². The van der Waals surface area contributed by atoms with Gasteiger partial charge in [-0.1, -0.05) is 43.5 Å². The number of carbonyl (C=O) groups excluding carboxylic acids is 2. The van der Waals surface area contributed by atoms with Crippen LogP contribution in [0.5, 0.6) is 0 Å². The van der Waals surface area contributed by atoms with E-state index in [4.69, 9.17) is 6.42 Å². The van der Waals surface area contributed by atoms with Crippen LogP contribution in [0.25, 0.3) is 10.8 Å².